The molecule has 0 aromatic heterocycles. The van der Waals surface area contributed by atoms with Gasteiger partial charge in [0.05, 0.1) is 0 Å². The van der Waals surface area contributed by atoms with Crippen LogP contribution in [0.2, 0.25) is 0 Å². The predicted molar refractivity (Wildman–Crippen MR) is 62.9 cm³/mol. The lowest BCUT2D eigenvalue weighted by Gasteiger charge is -2.35. The fourth-order valence-corrected chi connectivity index (χ4v) is 2.11. The van der Waals surface area contributed by atoms with Crippen molar-refractivity contribution in [3.63, 3.8) is 0 Å². The Bertz CT molecular complexity index is 258. The topological polar surface area (TPSA) is 40.6 Å². The molecule has 1 fully saturated rings. The lowest BCUT2D eigenvalue weighted by Crippen LogP contribution is -2.51. The van der Waals surface area contributed by atoms with Crippen LogP contribution in [0, 0.1) is 5.92 Å². The fourth-order valence-electron chi connectivity index (χ4n) is 2.11. The number of carbonyl (C=O) groups is 2. The maximum Gasteiger partial charge on any atom is 0.225 e. The van der Waals surface area contributed by atoms with E-state index in [2.05, 4.69) is 6.92 Å². The molecular weight excluding hydrogens is 204 g/mol. The van der Waals surface area contributed by atoms with Crippen LogP contribution in [-0.2, 0) is 9.59 Å². The molecule has 0 saturated carbocycles. The van der Waals surface area contributed by atoms with Gasteiger partial charge in [-0.15, -0.1) is 0 Å². The van der Waals surface area contributed by atoms with E-state index in [1.54, 1.807) is 11.8 Å². The third-order valence-electron chi connectivity index (χ3n) is 3.18. The molecule has 1 aliphatic rings. The second-order valence-corrected chi connectivity index (χ2v) is 4.52. The second kappa shape index (κ2) is 5.87. The predicted octanol–water partition coefficient (Wildman–Crippen LogP) is 1.11. The van der Waals surface area contributed by atoms with E-state index in [9.17, 15) is 9.59 Å². The lowest BCUT2D eigenvalue weighted by atomic mass is 10.0. The molecule has 0 radical (unpaired) electrons. The van der Waals surface area contributed by atoms with Crippen LogP contribution in [0.1, 0.15) is 33.6 Å². The molecule has 0 aliphatic carbocycles. The minimum atomic E-state index is 0.105. The zero-order valence-electron chi connectivity index (χ0n) is 10.5. The fraction of sp³-hybridized carbons (Fsp3) is 0.833. The Morgan fingerprint density at radius 2 is 1.62 bits per heavy atom. The Morgan fingerprint density at radius 3 is 2.06 bits per heavy atom. The first-order valence-corrected chi connectivity index (χ1v) is 6.10. The minimum Gasteiger partial charge on any atom is -0.339 e. The van der Waals surface area contributed by atoms with Crippen molar-refractivity contribution in [1.82, 2.24) is 9.80 Å². The summed E-state index contributed by atoms with van der Waals surface area (Å²) in [5.74, 6) is 0.465. The van der Waals surface area contributed by atoms with Crippen molar-refractivity contribution in [3.8, 4) is 0 Å². The molecule has 4 nitrogen and oxygen atoms in total. The van der Waals surface area contributed by atoms with E-state index in [1.165, 1.54) is 0 Å². The molecule has 1 saturated heterocycles. The standard InChI is InChI=1S/C12H22N2O2/c1-4-5-10(2)12(16)14-8-6-13(7-9-14)11(3)15/h10H,4-9H2,1-3H3. The summed E-state index contributed by atoms with van der Waals surface area (Å²) < 4.78 is 0. The second-order valence-electron chi connectivity index (χ2n) is 4.52. The van der Waals surface area contributed by atoms with Gasteiger partial charge in [0.25, 0.3) is 0 Å². The maximum atomic E-state index is 12.0. The first-order valence-electron chi connectivity index (χ1n) is 6.10. The van der Waals surface area contributed by atoms with Crippen LogP contribution in [0.25, 0.3) is 0 Å². The largest absolute Gasteiger partial charge is 0.339 e. The molecule has 0 aromatic carbocycles. The number of hydrogen-bond donors (Lipinski definition) is 0. The summed E-state index contributed by atoms with van der Waals surface area (Å²) in [6.45, 7) is 8.40. The molecule has 1 rings (SSSR count). The average Bonchev–Trinajstić information content (AvgIpc) is 2.28. The zero-order chi connectivity index (χ0) is 12.1. The number of piperazine rings is 1. The summed E-state index contributed by atoms with van der Waals surface area (Å²) in [4.78, 5) is 26.8. The van der Waals surface area contributed by atoms with Gasteiger partial charge in [0.1, 0.15) is 0 Å². The summed E-state index contributed by atoms with van der Waals surface area (Å²) in [6, 6.07) is 0. The molecule has 1 aliphatic heterocycles. The van der Waals surface area contributed by atoms with Crippen LogP contribution in [0.15, 0.2) is 0 Å². The molecule has 0 aromatic rings. The Morgan fingerprint density at radius 1 is 1.12 bits per heavy atom. The summed E-state index contributed by atoms with van der Waals surface area (Å²) in [5.41, 5.74) is 0. The van der Waals surface area contributed by atoms with Crippen LogP contribution in [0.5, 0.6) is 0 Å². The van der Waals surface area contributed by atoms with Gasteiger partial charge in [-0.1, -0.05) is 20.3 Å². The Hall–Kier alpha value is -1.06. The first kappa shape index (κ1) is 13.0. The number of amides is 2. The van der Waals surface area contributed by atoms with Crippen molar-refractivity contribution in [2.24, 2.45) is 5.92 Å². The molecule has 92 valence electrons. The molecule has 0 spiro atoms. The Kier molecular flexibility index (Phi) is 4.77. The van der Waals surface area contributed by atoms with E-state index >= 15 is 0 Å². The zero-order valence-corrected chi connectivity index (χ0v) is 10.5. The van der Waals surface area contributed by atoms with Crippen molar-refractivity contribution >= 4 is 11.8 Å². The van der Waals surface area contributed by atoms with Gasteiger partial charge in [0.15, 0.2) is 0 Å². The summed E-state index contributed by atoms with van der Waals surface area (Å²) in [6.07, 6.45) is 1.99. The monoisotopic (exact) mass is 226 g/mol. The van der Waals surface area contributed by atoms with Gasteiger partial charge < -0.3 is 9.80 Å². The van der Waals surface area contributed by atoms with Gasteiger partial charge >= 0.3 is 0 Å². The lowest BCUT2D eigenvalue weighted by molar-refractivity contribution is -0.141. The molecule has 1 unspecified atom stereocenters. The van der Waals surface area contributed by atoms with Crippen molar-refractivity contribution in [1.29, 1.82) is 0 Å². The molecule has 0 bridgehead atoms. The van der Waals surface area contributed by atoms with E-state index in [0.717, 1.165) is 12.8 Å². The van der Waals surface area contributed by atoms with E-state index in [4.69, 9.17) is 0 Å². The van der Waals surface area contributed by atoms with Crippen LogP contribution in [0.4, 0.5) is 0 Å². The van der Waals surface area contributed by atoms with Gasteiger partial charge in [-0.25, -0.2) is 0 Å². The van der Waals surface area contributed by atoms with Crippen molar-refractivity contribution in [2.45, 2.75) is 33.6 Å². The Balaban J connectivity index is 2.41. The van der Waals surface area contributed by atoms with Crippen molar-refractivity contribution < 1.29 is 9.59 Å². The van der Waals surface area contributed by atoms with Crippen LogP contribution in [0.3, 0.4) is 0 Å². The normalized spacial score (nSPS) is 18.4. The SMILES string of the molecule is CCCC(C)C(=O)N1CCN(C(C)=O)CC1. The van der Waals surface area contributed by atoms with Crippen LogP contribution >= 0.6 is 0 Å². The van der Waals surface area contributed by atoms with Gasteiger partial charge in [-0.2, -0.15) is 0 Å². The minimum absolute atomic E-state index is 0.105. The van der Waals surface area contributed by atoms with Gasteiger partial charge in [-0.05, 0) is 6.42 Å². The molecule has 0 N–H and O–H groups in total. The van der Waals surface area contributed by atoms with E-state index < -0.39 is 0 Å². The first-order chi connectivity index (χ1) is 7.56. The Labute approximate surface area is 97.6 Å². The van der Waals surface area contributed by atoms with E-state index in [-0.39, 0.29) is 17.7 Å². The van der Waals surface area contributed by atoms with Crippen LogP contribution in [-0.4, -0.2) is 47.8 Å². The number of nitrogens with zero attached hydrogens (tertiary/aromatic N) is 2. The molecule has 4 heteroatoms. The molecule has 1 atom stereocenters. The number of carbonyl (C=O) groups excluding carboxylic acids is 2. The highest BCUT2D eigenvalue weighted by molar-refractivity contribution is 5.79. The van der Waals surface area contributed by atoms with Gasteiger partial charge in [0, 0.05) is 39.0 Å². The van der Waals surface area contributed by atoms with E-state index in [0.29, 0.717) is 26.2 Å². The third-order valence-corrected chi connectivity index (χ3v) is 3.18. The highest BCUT2D eigenvalue weighted by Gasteiger charge is 2.24. The highest BCUT2D eigenvalue weighted by Crippen LogP contribution is 2.12. The smallest absolute Gasteiger partial charge is 0.225 e. The van der Waals surface area contributed by atoms with Crippen molar-refractivity contribution in [3.05, 3.63) is 0 Å². The molecular formula is C12H22N2O2. The average molecular weight is 226 g/mol. The summed E-state index contributed by atoms with van der Waals surface area (Å²) in [5, 5.41) is 0. The van der Waals surface area contributed by atoms with Crippen molar-refractivity contribution in [2.75, 3.05) is 26.2 Å². The number of hydrogen-bond acceptors (Lipinski definition) is 2. The van der Waals surface area contributed by atoms with Gasteiger partial charge in [-0.3, -0.25) is 9.59 Å². The molecule has 1 heterocycles. The summed E-state index contributed by atoms with van der Waals surface area (Å²) in [7, 11) is 0. The summed E-state index contributed by atoms with van der Waals surface area (Å²) >= 11 is 0. The van der Waals surface area contributed by atoms with E-state index in [1.807, 2.05) is 11.8 Å². The number of rotatable bonds is 3. The molecule has 2 amide bonds. The maximum absolute atomic E-state index is 12.0. The highest BCUT2D eigenvalue weighted by atomic mass is 16.2. The molecule has 16 heavy (non-hydrogen) atoms. The third kappa shape index (κ3) is 3.22. The quantitative estimate of drug-likeness (QED) is 0.723. The van der Waals surface area contributed by atoms with Crippen LogP contribution < -0.4 is 0 Å². The van der Waals surface area contributed by atoms with Gasteiger partial charge in [0.2, 0.25) is 11.8 Å².